The van der Waals surface area contributed by atoms with E-state index in [-0.39, 0.29) is 41.4 Å². The van der Waals surface area contributed by atoms with Crippen molar-refractivity contribution in [2.24, 2.45) is 45.2 Å². The number of carbonyl (C=O) groups excluding carboxylic acids is 1. The average molecular weight is 667 g/mol. The third kappa shape index (κ3) is 5.12. The van der Waals surface area contributed by atoms with Crippen molar-refractivity contribution >= 4 is 33.3 Å². The maximum atomic E-state index is 14.2. The first-order valence-electron chi connectivity index (χ1n) is 17.9. The topological polar surface area (TPSA) is 120 Å². The van der Waals surface area contributed by atoms with Crippen LogP contribution >= 0.6 is 21.6 Å². The Labute approximate surface area is 283 Å². The predicted molar refractivity (Wildman–Crippen MR) is 190 cm³/mol. The van der Waals surface area contributed by atoms with Gasteiger partial charge in [0.2, 0.25) is 0 Å². The molecule has 7 nitrogen and oxygen atoms in total. The Kier molecular flexibility index (Phi) is 9.38. The molecule has 0 aromatic heterocycles. The minimum Gasteiger partial charge on any atom is -0.396 e. The normalized spacial score (nSPS) is 40.6. The fraction of sp³-hybridized carbons (Fsp3) is 0.730. The number of hydrogen-bond donors (Lipinski definition) is 5. The number of aliphatic hydroxyl groups excluding tert-OH is 2. The van der Waals surface area contributed by atoms with E-state index in [1.165, 1.54) is 16.7 Å². The van der Waals surface area contributed by atoms with Gasteiger partial charge in [0.15, 0.2) is 11.7 Å². The molecule has 7 rings (SSSR count). The largest absolute Gasteiger partial charge is 0.396 e. The molecule has 0 radical (unpaired) electrons. The summed E-state index contributed by atoms with van der Waals surface area (Å²) in [5.74, 6) is 3.73. The summed E-state index contributed by atoms with van der Waals surface area (Å²) in [6.45, 7) is 4.46. The van der Waals surface area contributed by atoms with Crippen molar-refractivity contribution in [1.82, 2.24) is 10.6 Å². The SMILES string of the molecule is CNCc1cccc([C@H]2CC[C@H]3SSCC[C@@]4(C)[C@H]5CC6=C(CCC[C@]37NC(N)=NC[C@H]27)C(=O)C[C@]64[C@H](CCCO)[C@@H](CO)C5)c1. The number of aliphatic imine (C=N–C) groups is 1. The van der Waals surface area contributed by atoms with Crippen molar-refractivity contribution in [2.75, 3.05) is 32.6 Å². The minimum atomic E-state index is -0.172. The molecule has 5 bridgehead atoms. The summed E-state index contributed by atoms with van der Waals surface area (Å²) in [6.07, 6.45) is 10.4. The van der Waals surface area contributed by atoms with Crippen LogP contribution in [0.3, 0.4) is 0 Å². The van der Waals surface area contributed by atoms with E-state index in [1.54, 1.807) is 0 Å². The summed E-state index contributed by atoms with van der Waals surface area (Å²) >= 11 is 0. The Balaban J connectivity index is 1.25. The molecule has 1 aromatic rings. The molecule has 2 spiro atoms. The molecule has 1 aromatic carbocycles. The summed E-state index contributed by atoms with van der Waals surface area (Å²) in [7, 11) is 6.13. The lowest BCUT2D eigenvalue weighted by Gasteiger charge is -2.57. The third-order valence-electron chi connectivity index (χ3n) is 13.7. The Morgan fingerprint density at radius 3 is 2.89 bits per heavy atom. The number of hydrogen-bond acceptors (Lipinski definition) is 9. The lowest BCUT2D eigenvalue weighted by molar-refractivity contribution is -0.125. The van der Waals surface area contributed by atoms with Crippen LogP contribution in [0.5, 0.6) is 0 Å². The van der Waals surface area contributed by atoms with Crippen LogP contribution in [-0.2, 0) is 11.3 Å². The first kappa shape index (κ1) is 33.0. The summed E-state index contributed by atoms with van der Waals surface area (Å²) in [5.41, 5.74) is 11.5. The van der Waals surface area contributed by atoms with Crippen molar-refractivity contribution in [2.45, 2.75) is 101 Å². The lowest BCUT2D eigenvalue weighted by atomic mass is 9.47. The summed E-state index contributed by atoms with van der Waals surface area (Å²) in [4.78, 5) is 19.0. The van der Waals surface area contributed by atoms with E-state index >= 15 is 0 Å². The van der Waals surface area contributed by atoms with Crippen LogP contribution < -0.4 is 16.4 Å². The zero-order valence-corrected chi connectivity index (χ0v) is 29.4. The van der Waals surface area contributed by atoms with E-state index in [0.717, 1.165) is 88.6 Å². The molecule has 252 valence electrons. The van der Waals surface area contributed by atoms with Crippen molar-refractivity contribution in [3.05, 3.63) is 46.5 Å². The van der Waals surface area contributed by atoms with E-state index in [4.69, 9.17) is 10.7 Å². The number of ketones is 1. The molecular formula is C37H54N4O3S2. The number of aliphatic hydroxyl groups is 2. The number of nitrogens with zero attached hydrogens (tertiary/aromatic N) is 1. The van der Waals surface area contributed by atoms with Gasteiger partial charge in [0.1, 0.15) is 0 Å². The number of rotatable bonds is 7. The highest BCUT2D eigenvalue weighted by Gasteiger charge is 2.69. The van der Waals surface area contributed by atoms with Gasteiger partial charge in [-0.05, 0) is 117 Å². The van der Waals surface area contributed by atoms with Crippen LogP contribution in [0.1, 0.15) is 94.6 Å². The number of benzene rings is 1. The Hall–Kier alpha value is -1.52. The molecule has 0 amide bonds. The predicted octanol–water partition coefficient (Wildman–Crippen LogP) is 5.56. The molecule has 0 saturated heterocycles. The van der Waals surface area contributed by atoms with Gasteiger partial charge in [-0.2, -0.15) is 0 Å². The van der Waals surface area contributed by atoms with Gasteiger partial charge in [-0.1, -0.05) is 58.4 Å². The zero-order chi connectivity index (χ0) is 32.1. The number of guanidine groups is 1. The van der Waals surface area contributed by atoms with E-state index in [2.05, 4.69) is 52.6 Å². The number of nitrogens with one attached hydrogen (secondary N) is 2. The summed E-state index contributed by atoms with van der Waals surface area (Å²) in [5, 5.41) is 28.0. The third-order valence-corrected chi connectivity index (χ3v) is 16.7. The van der Waals surface area contributed by atoms with Gasteiger partial charge in [-0.3, -0.25) is 9.79 Å². The number of carbonyl (C=O) groups is 1. The zero-order valence-electron chi connectivity index (χ0n) is 27.7. The summed E-state index contributed by atoms with van der Waals surface area (Å²) in [6, 6.07) is 9.12. The maximum Gasteiger partial charge on any atom is 0.189 e. The van der Waals surface area contributed by atoms with Gasteiger partial charge in [0.05, 0.1) is 5.54 Å². The van der Waals surface area contributed by atoms with Gasteiger partial charge >= 0.3 is 0 Å². The second-order valence-corrected chi connectivity index (χ2v) is 18.2. The second kappa shape index (κ2) is 13.1. The first-order chi connectivity index (χ1) is 22.3. The number of allylic oxidation sites excluding steroid dienone is 2. The highest BCUT2D eigenvalue weighted by Crippen LogP contribution is 2.75. The van der Waals surface area contributed by atoms with Crippen molar-refractivity contribution in [3.63, 3.8) is 0 Å². The second-order valence-electron chi connectivity index (χ2n) is 15.5. The maximum absolute atomic E-state index is 14.2. The minimum absolute atomic E-state index is 0.0452. The molecular weight excluding hydrogens is 613 g/mol. The number of nitrogens with two attached hydrogens (primary N) is 1. The fourth-order valence-corrected chi connectivity index (χ4v) is 15.1. The highest BCUT2D eigenvalue weighted by molar-refractivity contribution is 8.77. The molecule has 9 atom stereocenters. The quantitative estimate of drug-likeness (QED) is 0.240. The monoisotopic (exact) mass is 666 g/mol. The van der Waals surface area contributed by atoms with Crippen LogP contribution in [0.25, 0.3) is 0 Å². The van der Waals surface area contributed by atoms with E-state index in [1.807, 2.05) is 17.8 Å². The van der Waals surface area contributed by atoms with Crippen LogP contribution in [0.4, 0.5) is 0 Å². The first-order valence-corrected chi connectivity index (χ1v) is 20.3. The van der Waals surface area contributed by atoms with Gasteiger partial charge < -0.3 is 26.6 Å². The fourth-order valence-electron chi connectivity index (χ4n) is 11.7. The molecule has 9 heteroatoms. The van der Waals surface area contributed by atoms with Crippen LogP contribution in [0.15, 0.2) is 40.4 Å². The van der Waals surface area contributed by atoms with Gasteiger partial charge in [0.25, 0.3) is 0 Å². The summed E-state index contributed by atoms with van der Waals surface area (Å²) < 4.78 is 0. The number of Topliss-reactive ketones (excluding diaryl/α,β-unsaturated/α-hetero) is 1. The molecule has 6 N–H and O–H groups in total. The van der Waals surface area contributed by atoms with Gasteiger partial charge in [-0.15, -0.1) is 0 Å². The molecule has 3 saturated carbocycles. The smallest absolute Gasteiger partial charge is 0.189 e. The van der Waals surface area contributed by atoms with Crippen LogP contribution in [0.2, 0.25) is 0 Å². The molecule has 2 heterocycles. The van der Waals surface area contributed by atoms with Gasteiger partial charge in [0, 0.05) is 55.1 Å². The lowest BCUT2D eigenvalue weighted by Crippen LogP contribution is -2.67. The van der Waals surface area contributed by atoms with E-state index < -0.39 is 0 Å². The Morgan fingerprint density at radius 1 is 1.22 bits per heavy atom. The highest BCUT2D eigenvalue weighted by atomic mass is 33.1. The van der Waals surface area contributed by atoms with Gasteiger partial charge in [-0.25, -0.2) is 0 Å². The van der Waals surface area contributed by atoms with Crippen molar-refractivity contribution in [1.29, 1.82) is 0 Å². The van der Waals surface area contributed by atoms with Crippen molar-refractivity contribution < 1.29 is 15.0 Å². The molecule has 0 unspecified atom stereocenters. The van der Waals surface area contributed by atoms with E-state index in [9.17, 15) is 15.0 Å². The molecule has 3 fully saturated rings. The van der Waals surface area contributed by atoms with Crippen LogP contribution in [0, 0.1) is 34.5 Å². The van der Waals surface area contributed by atoms with Crippen LogP contribution in [-0.4, -0.2) is 65.3 Å². The molecule has 46 heavy (non-hydrogen) atoms. The van der Waals surface area contributed by atoms with Crippen molar-refractivity contribution in [3.8, 4) is 0 Å². The Bertz CT molecular complexity index is 1390. The standard InChI is InChI=1S/C37H54N4O3S2/c1-35-13-15-45-46-33-11-10-27(24-7-3-6-23(16-24)20-39-2)31-21-40-34(38)41-37(31,33)12-4-8-28-30-18-26(35)17-25(22-43)29(9-5-14-42)36(30,35)19-32(28)44/h3,6-7,16,25-27,29,31,33,39,42-43H,4-5,8-15,17-22H2,1-2H3,(H3,38,40,41)/t25-,26-,27-,29-,31-,33-,35+,36+,37-/m1/s1. The molecule has 2 aliphatic heterocycles. The molecule has 6 aliphatic rings. The average Bonchev–Trinajstić information content (AvgIpc) is 3.38. The Morgan fingerprint density at radius 2 is 2.09 bits per heavy atom. The molecule has 4 aliphatic carbocycles. The van der Waals surface area contributed by atoms with E-state index in [0.29, 0.717) is 41.2 Å².